The van der Waals surface area contributed by atoms with Gasteiger partial charge in [-0.1, -0.05) is 0 Å². The fraction of sp³-hybridized carbons (Fsp3) is 0.444. The van der Waals surface area contributed by atoms with E-state index in [1.807, 2.05) is 0 Å². The van der Waals surface area contributed by atoms with E-state index in [1.54, 1.807) is 0 Å². The van der Waals surface area contributed by atoms with Crippen molar-refractivity contribution in [3.8, 4) is 0 Å². The van der Waals surface area contributed by atoms with E-state index in [1.165, 1.54) is 13.0 Å². The van der Waals surface area contributed by atoms with Crippen LogP contribution in [0.5, 0.6) is 0 Å². The molecule has 16 heavy (non-hydrogen) atoms. The van der Waals surface area contributed by atoms with Gasteiger partial charge in [-0.15, -0.1) is 0 Å². The van der Waals surface area contributed by atoms with Crippen LogP contribution in [0.1, 0.15) is 6.92 Å². The van der Waals surface area contributed by atoms with Gasteiger partial charge in [-0.25, -0.2) is 14.2 Å². The lowest BCUT2D eigenvalue weighted by molar-refractivity contribution is 0.174. The second kappa shape index (κ2) is 3.99. The van der Waals surface area contributed by atoms with E-state index < -0.39 is 24.4 Å². The zero-order valence-corrected chi connectivity index (χ0v) is 8.43. The van der Waals surface area contributed by atoms with Gasteiger partial charge in [0, 0.05) is 6.20 Å². The van der Waals surface area contributed by atoms with Crippen molar-refractivity contribution in [1.82, 2.24) is 9.97 Å². The first-order valence-corrected chi connectivity index (χ1v) is 4.68. The second-order valence-electron chi connectivity index (χ2n) is 3.38. The Balaban J connectivity index is 2.33. The Labute approximate surface area is 90.1 Å². The van der Waals surface area contributed by atoms with Gasteiger partial charge in [0.05, 0.1) is 0 Å². The summed E-state index contributed by atoms with van der Waals surface area (Å²) in [5.41, 5.74) is 0. The average Bonchev–Trinajstić information content (AvgIpc) is 2.60. The number of anilines is 1. The third-order valence-electron chi connectivity index (χ3n) is 2.29. The summed E-state index contributed by atoms with van der Waals surface area (Å²) in [6, 6.07) is 0.548. The monoisotopic (exact) mass is 229 g/mol. The predicted octanol–water partition coefficient (Wildman–Crippen LogP) is 1.30. The first kappa shape index (κ1) is 10.7. The number of halogens is 2. The molecule has 0 spiro atoms. The molecule has 1 aliphatic heterocycles. The first-order chi connectivity index (χ1) is 7.59. The molecule has 0 N–H and O–H groups in total. The van der Waals surface area contributed by atoms with Gasteiger partial charge in [0.2, 0.25) is 0 Å². The maximum Gasteiger partial charge on any atom is 0.416 e. The van der Waals surface area contributed by atoms with Crippen molar-refractivity contribution < 1.29 is 18.3 Å². The zero-order chi connectivity index (χ0) is 11.7. The fourth-order valence-electron chi connectivity index (χ4n) is 1.50. The molecular formula is C9H9F2N3O2. The van der Waals surface area contributed by atoms with Crippen LogP contribution in [0.15, 0.2) is 12.3 Å². The van der Waals surface area contributed by atoms with Gasteiger partial charge >= 0.3 is 12.2 Å². The van der Waals surface area contributed by atoms with Crippen molar-refractivity contribution in [2.75, 3.05) is 11.5 Å². The number of rotatable bonds is 2. The molecule has 1 saturated heterocycles. The number of carbonyl (C=O) groups excluding carboxylic acids is 1. The van der Waals surface area contributed by atoms with Crippen molar-refractivity contribution >= 4 is 11.9 Å². The molecule has 1 fully saturated rings. The molecule has 86 valence electrons. The minimum absolute atomic E-state index is 0.00417. The van der Waals surface area contributed by atoms with Crippen molar-refractivity contribution in [3.05, 3.63) is 18.3 Å². The highest BCUT2D eigenvalue weighted by atomic mass is 19.1. The second-order valence-corrected chi connectivity index (χ2v) is 3.38. The summed E-state index contributed by atoms with van der Waals surface area (Å²) in [6.45, 7) is 1.24. The van der Waals surface area contributed by atoms with Crippen molar-refractivity contribution in [1.29, 1.82) is 0 Å². The molecule has 0 unspecified atom stereocenters. The zero-order valence-electron chi connectivity index (χ0n) is 8.43. The molecule has 0 bridgehead atoms. The van der Waals surface area contributed by atoms with Crippen LogP contribution < -0.4 is 4.90 Å². The summed E-state index contributed by atoms with van der Waals surface area (Å²) in [5.74, 6) is 0.00417. The topological polar surface area (TPSA) is 55.3 Å². The van der Waals surface area contributed by atoms with Crippen LogP contribution in [0.25, 0.3) is 0 Å². The Morgan fingerprint density at radius 1 is 1.69 bits per heavy atom. The number of carbonyl (C=O) groups is 1. The van der Waals surface area contributed by atoms with E-state index >= 15 is 0 Å². The number of aromatic nitrogens is 2. The highest BCUT2D eigenvalue weighted by Gasteiger charge is 2.38. The number of ether oxygens (including phenoxy) is 1. The number of alkyl halides is 1. The van der Waals surface area contributed by atoms with Crippen molar-refractivity contribution in [2.45, 2.75) is 19.1 Å². The number of hydrogen-bond acceptors (Lipinski definition) is 4. The van der Waals surface area contributed by atoms with E-state index in [9.17, 15) is 13.6 Å². The smallest absolute Gasteiger partial charge is 0.416 e. The molecule has 0 radical (unpaired) electrons. The molecule has 1 aliphatic rings. The number of cyclic esters (lactones) is 1. The van der Waals surface area contributed by atoms with Gasteiger partial charge < -0.3 is 4.74 Å². The lowest BCUT2D eigenvalue weighted by Gasteiger charge is -2.20. The summed E-state index contributed by atoms with van der Waals surface area (Å²) in [7, 11) is 0. The maximum absolute atomic E-state index is 13.2. The lowest BCUT2D eigenvalue weighted by Crippen LogP contribution is -2.39. The van der Waals surface area contributed by atoms with Crippen LogP contribution >= 0.6 is 0 Å². The Kier molecular flexibility index (Phi) is 2.67. The normalized spacial score (nSPS) is 22.1. The third kappa shape index (κ3) is 1.80. The summed E-state index contributed by atoms with van der Waals surface area (Å²) in [5, 5.41) is 0. The predicted molar refractivity (Wildman–Crippen MR) is 50.2 cm³/mol. The van der Waals surface area contributed by atoms with E-state index in [0.717, 1.165) is 11.1 Å². The Morgan fingerprint density at radius 2 is 2.44 bits per heavy atom. The van der Waals surface area contributed by atoms with Crippen LogP contribution in [0.2, 0.25) is 0 Å². The first-order valence-electron chi connectivity index (χ1n) is 4.68. The summed E-state index contributed by atoms with van der Waals surface area (Å²) >= 11 is 0. The molecule has 0 aromatic carbocycles. The highest BCUT2D eigenvalue weighted by molar-refractivity contribution is 5.89. The molecule has 1 aromatic rings. The molecule has 5 nitrogen and oxygen atoms in total. The Bertz CT molecular complexity index is 413. The van der Waals surface area contributed by atoms with Gasteiger partial charge in [-0.3, -0.25) is 4.90 Å². The molecule has 2 atom stereocenters. The van der Waals surface area contributed by atoms with Gasteiger partial charge in [0.15, 0.2) is 0 Å². The van der Waals surface area contributed by atoms with Crippen LogP contribution in [0.3, 0.4) is 0 Å². The SMILES string of the molecule is C[C@@H](F)[C@H]1COC(=O)N1c1ccnc(F)n1. The molecule has 2 heterocycles. The molecule has 1 aromatic heterocycles. The van der Waals surface area contributed by atoms with E-state index in [4.69, 9.17) is 4.74 Å². The number of nitrogens with zero attached hydrogens (tertiary/aromatic N) is 3. The van der Waals surface area contributed by atoms with Crippen LogP contribution in [0.4, 0.5) is 19.4 Å². The summed E-state index contributed by atoms with van der Waals surface area (Å²) < 4.78 is 30.7. The standard InChI is InChI=1S/C9H9F2N3O2/c1-5(10)6-4-16-9(15)14(6)7-2-3-12-8(11)13-7/h2-3,5-6H,4H2,1H3/t5-,6-/m1/s1. The Morgan fingerprint density at radius 3 is 3.06 bits per heavy atom. The van der Waals surface area contributed by atoms with Gasteiger partial charge in [0.1, 0.15) is 24.6 Å². The highest BCUT2D eigenvalue weighted by Crippen LogP contribution is 2.23. The van der Waals surface area contributed by atoms with Gasteiger partial charge in [0.25, 0.3) is 0 Å². The maximum atomic E-state index is 13.2. The van der Waals surface area contributed by atoms with Gasteiger partial charge in [-0.2, -0.15) is 9.37 Å². The molecule has 0 saturated carbocycles. The molecule has 2 rings (SSSR count). The van der Waals surface area contributed by atoms with E-state index in [0.29, 0.717) is 0 Å². The molecule has 1 amide bonds. The average molecular weight is 229 g/mol. The summed E-state index contributed by atoms with van der Waals surface area (Å²) in [4.78, 5) is 19.0. The number of amides is 1. The molecular weight excluding hydrogens is 220 g/mol. The van der Waals surface area contributed by atoms with Crippen LogP contribution in [-0.4, -0.2) is 34.9 Å². The van der Waals surface area contributed by atoms with Crippen molar-refractivity contribution in [2.24, 2.45) is 0 Å². The summed E-state index contributed by atoms with van der Waals surface area (Å²) in [6.07, 6.45) is -1.83. The van der Waals surface area contributed by atoms with Crippen LogP contribution in [0, 0.1) is 6.08 Å². The van der Waals surface area contributed by atoms with E-state index in [2.05, 4.69) is 9.97 Å². The van der Waals surface area contributed by atoms with Crippen LogP contribution in [-0.2, 0) is 4.74 Å². The third-order valence-corrected chi connectivity index (χ3v) is 2.29. The quantitative estimate of drug-likeness (QED) is 0.717. The largest absolute Gasteiger partial charge is 0.447 e. The Hall–Kier alpha value is -1.79. The molecule has 7 heteroatoms. The minimum Gasteiger partial charge on any atom is -0.447 e. The van der Waals surface area contributed by atoms with E-state index in [-0.39, 0.29) is 12.4 Å². The molecule has 0 aliphatic carbocycles. The minimum atomic E-state index is -1.29. The van der Waals surface area contributed by atoms with Gasteiger partial charge in [-0.05, 0) is 13.0 Å². The fourth-order valence-corrected chi connectivity index (χ4v) is 1.50. The van der Waals surface area contributed by atoms with Crippen molar-refractivity contribution in [3.63, 3.8) is 0 Å². The lowest BCUT2D eigenvalue weighted by atomic mass is 10.2. The number of hydrogen-bond donors (Lipinski definition) is 0.